The van der Waals surface area contributed by atoms with E-state index >= 15 is 0 Å². The van der Waals surface area contributed by atoms with E-state index in [1.807, 2.05) is 5.32 Å². The number of urea groups is 1. The Morgan fingerprint density at radius 2 is 2.18 bits per heavy atom. The lowest BCUT2D eigenvalue weighted by molar-refractivity contribution is -0.115. The molecule has 3 amide bonds. The minimum atomic E-state index is -1.04. The summed E-state index contributed by atoms with van der Waals surface area (Å²) in [7, 11) is 1.44. The molecule has 3 N–H and O–H groups in total. The fourth-order valence-electron chi connectivity index (χ4n) is 1.51. The smallest absolute Gasteiger partial charge is 0.319 e. The van der Waals surface area contributed by atoms with Gasteiger partial charge in [-0.1, -0.05) is 12.0 Å². The predicted octanol–water partition coefficient (Wildman–Crippen LogP) is 0.809. The third kappa shape index (κ3) is 4.58. The summed E-state index contributed by atoms with van der Waals surface area (Å²) in [6, 6.07) is 5.39. The number of carbonyl (C=O) groups excluding carboxylic acids is 2. The lowest BCUT2D eigenvalue weighted by Gasteiger charge is -2.09. The molecule has 0 aliphatic carbocycles. The zero-order valence-corrected chi connectivity index (χ0v) is 11.8. The van der Waals surface area contributed by atoms with Crippen LogP contribution in [-0.4, -0.2) is 25.7 Å². The third-order valence-electron chi connectivity index (χ3n) is 2.41. The van der Waals surface area contributed by atoms with Crippen molar-refractivity contribution in [3.8, 4) is 29.9 Å². The Morgan fingerprint density at radius 1 is 1.45 bits per heavy atom. The monoisotopic (exact) mass is 299 g/mol. The minimum Gasteiger partial charge on any atom is -0.493 e. The van der Waals surface area contributed by atoms with E-state index in [1.54, 1.807) is 24.3 Å². The van der Waals surface area contributed by atoms with Gasteiger partial charge in [-0.3, -0.25) is 10.1 Å². The quantitative estimate of drug-likeness (QED) is 0.474. The van der Waals surface area contributed by atoms with Crippen LogP contribution in [0, 0.1) is 23.7 Å². The van der Waals surface area contributed by atoms with Crippen molar-refractivity contribution in [1.29, 1.82) is 5.26 Å². The molecule has 0 aromatic heterocycles. The molecule has 0 aliphatic heterocycles. The van der Waals surface area contributed by atoms with Gasteiger partial charge in [0.05, 0.1) is 7.11 Å². The number of nitrogens with zero attached hydrogens (tertiary/aromatic N) is 1. The number of carbonyl (C=O) groups is 2. The zero-order valence-electron chi connectivity index (χ0n) is 11.8. The zero-order chi connectivity index (χ0) is 16.5. The molecular weight excluding hydrogens is 286 g/mol. The lowest BCUT2D eigenvalue weighted by Crippen LogP contribution is -2.35. The Kier molecular flexibility index (Phi) is 6.02. The van der Waals surface area contributed by atoms with Gasteiger partial charge >= 0.3 is 6.03 Å². The van der Waals surface area contributed by atoms with E-state index in [9.17, 15) is 9.59 Å². The molecule has 7 heteroatoms. The van der Waals surface area contributed by atoms with Crippen molar-refractivity contribution in [2.75, 3.05) is 13.7 Å². The SMILES string of the molecule is C#CCOc1ccc(/C=C(/C#N)C(=O)NC(N)=O)cc1OC. The van der Waals surface area contributed by atoms with Crippen molar-refractivity contribution in [2.24, 2.45) is 5.73 Å². The number of benzene rings is 1. The molecule has 0 saturated carbocycles. The number of methoxy groups -OCH3 is 1. The molecule has 0 unspecified atom stereocenters. The summed E-state index contributed by atoms with van der Waals surface area (Å²) in [4.78, 5) is 22.2. The van der Waals surface area contributed by atoms with Crippen LogP contribution in [0.15, 0.2) is 23.8 Å². The highest BCUT2D eigenvalue weighted by atomic mass is 16.5. The molecule has 112 valence electrons. The molecule has 0 bridgehead atoms. The van der Waals surface area contributed by atoms with Gasteiger partial charge in [-0.15, -0.1) is 6.42 Å². The molecule has 0 aliphatic rings. The maximum Gasteiger partial charge on any atom is 0.319 e. The summed E-state index contributed by atoms with van der Waals surface area (Å²) in [5, 5.41) is 10.8. The molecular formula is C15H13N3O4. The van der Waals surface area contributed by atoms with Gasteiger partial charge in [0.25, 0.3) is 5.91 Å². The van der Waals surface area contributed by atoms with Gasteiger partial charge in [0.1, 0.15) is 18.2 Å². The average Bonchev–Trinajstić information content (AvgIpc) is 2.50. The lowest BCUT2D eigenvalue weighted by atomic mass is 10.1. The van der Waals surface area contributed by atoms with Crippen molar-refractivity contribution in [3.63, 3.8) is 0 Å². The Balaban J connectivity index is 3.08. The van der Waals surface area contributed by atoms with Gasteiger partial charge in [0.15, 0.2) is 11.5 Å². The summed E-state index contributed by atoms with van der Waals surface area (Å²) in [6.45, 7) is 0.0794. The van der Waals surface area contributed by atoms with Crippen LogP contribution in [0.1, 0.15) is 5.56 Å². The number of nitrogens with one attached hydrogen (secondary N) is 1. The number of terminal acetylenes is 1. The first kappa shape index (κ1) is 16.6. The number of primary amides is 1. The minimum absolute atomic E-state index is 0.0794. The first-order valence-corrected chi connectivity index (χ1v) is 5.98. The van der Waals surface area contributed by atoms with Crippen molar-refractivity contribution < 1.29 is 19.1 Å². The number of ether oxygens (including phenoxy) is 2. The van der Waals surface area contributed by atoms with Crippen molar-refractivity contribution >= 4 is 18.0 Å². The second-order valence-electron chi connectivity index (χ2n) is 3.89. The molecule has 1 aromatic rings. The average molecular weight is 299 g/mol. The molecule has 0 atom stereocenters. The van der Waals surface area contributed by atoms with Gasteiger partial charge in [0.2, 0.25) is 0 Å². The topological polar surface area (TPSA) is 114 Å². The number of rotatable bonds is 5. The molecule has 0 saturated heterocycles. The van der Waals surface area contributed by atoms with Crippen LogP contribution in [0.3, 0.4) is 0 Å². The Bertz CT molecular complexity index is 696. The number of imide groups is 1. The fraction of sp³-hybridized carbons (Fsp3) is 0.133. The van der Waals surface area contributed by atoms with Crippen molar-refractivity contribution in [1.82, 2.24) is 5.32 Å². The number of amides is 3. The van der Waals surface area contributed by atoms with Crippen molar-refractivity contribution in [2.45, 2.75) is 0 Å². The standard InChI is InChI=1S/C15H13N3O4/c1-3-6-22-12-5-4-10(8-13(12)21-2)7-11(9-16)14(19)18-15(17)20/h1,4-5,7-8H,6H2,2H3,(H3,17,18,19,20)/b11-7-. The highest BCUT2D eigenvalue weighted by Crippen LogP contribution is 2.28. The highest BCUT2D eigenvalue weighted by Gasteiger charge is 2.12. The van der Waals surface area contributed by atoms with Gasteiger partial charge in [-0.05, 0) is 23.8 Å². The molecule has 1 rings (SSSR count). The second-order valence-corrected chi connectivity index (χ2v) is 3.89. The molecule has 0 radical (unpaired) electrons. The highest BCUT2D eigenvalue weighted by molar-refractivity contribution is 6.08. The van der Waals surface area contributed by atoms with E-state index in [0.29, 0.717) is 17.1 Å². The molecule has 7 nitrogen and oxygen atoms in total. The van der Waals surface area contributed by atoms with Crippen LogP contribution in [-0.2, 0) is 4.79 Å². The van der Waals surface area contributed by atoms with Crippen LogP contribution in [0.5, 0.6) is 11.5 Å². The maximum atomic E-state index is 11.6. The van der Waals surface area contributed by atoms with Crippen LogP contribution in [0.2, 0.25) is 0 Å². The summed E-state index contributed by atoms with van der Waals surface area (Å²) < 4.78 is 10.4. The maximum absolute atomic E-state index is 11.6. The van der Waals surface area contributed by atoms with E-state index in [2.05, 4.69) is 5.92 Å². The molecule has 0 heterocycles. The fourth-order valence-corrected chi connectivity index (χ4v) is 1.51. The van der Waals surface area contributed by atoms with Gasteiger partial charge in [-0.25, -0.2) is 4.79 Å². The van der Waals surface area contributed by atoms with E-state index in [0.717, 1.165) is 0 Å². The molecule has 22 heavy (non-hydrogen) atoms. The normalized spacial score (nSPS) is 10.0. The first-order valence-electron chi connectivity index (χ1n) is 5.98. The number of hydrogen-bond donors (Lipinski definition) is 2. The van der Waals surface area contributed by atoms with Gasteiger partial charge in [0, 0.05) is 0 Å². The van der Waals surface area contributed by atoms with E-state index in [-0.39, 0.29) is 12.2 Å². The summed E-state index contributed by atoms with van der Waals surface area (Å²) in [6.07, 6.45) is 6.39. The van der Waals surface area contributed by atoms with E-state index in [4.69, 9.17) is 26.9 Å². The summed E-state index contributed by atoms with van der Waals surface area (Å²) in [5.41, 5.74) is 5.05. The Labute approximate surface area is 127 Å². The van der Waals surface area contributed by atoms with Gasteiger partial charge < -0.3 is 15.2 Å². The largest absolute Gasteiger partial charge is 0.493 e. The Hall–Kier alpha value is -3.45. The van der Waals surface area contributed by atoms with Crippen LogP contribution in [0.4, 0.5) is 4.79 Å². The van der Waals surface area contributed by atoms with E-state index < -0.39 is 11.9 Å². The molecule has 0 fully saturated rings. The second kappa shape index (κ2) is 7.98. The third-order valence-corrected chi connectivity index (χ3v) is 2.41. The molecule has 1 aromatic carbocycles. The summed E-state index contributed by atoms with van der Waals surface area (Å²) >= 11 is 0. The first-order chi connectivity index (χ1) is 10.5. The number of nitriles is 1. The number of hydrogen-bond acceptors (Lipinski definition) is 5. The van der Waals surface area contributed by atoms with Crippen LogP contribution < -0.4 is 20.5 Å². The van der Waals surface area contributed by atoms with Gasteiger partial charge in [-0.2, -0.15) is 5.26 Å². The van der Waals surface area contributed by atoms with Crippen molar-refractivity contribution in [3.05, 3.63) is 29.3 Å². The summed E-state index contributed by atoms with van der Waals surface area (Å²) in [5.74, 6) is 2.25. The Morgan fingerprint density at radius 3 is 2.73 bits per heavy atom. The molecule has 0 spiro atoms. The number of nitrogens with two attached hydrogens (primary N) is 1. The van der Waals surface area contributed by atoms with E-state index in [1.165, 1.54) is 13.2 Å². The predicted molar refractivity (Wildman–Crippen MR) is 78.6 cm³/mol. The van der Waals surface area contributed by atoms with Crippen LogP contribution >= 0.6 is 0 Å². The van der Waals surface area contributed by atoms with Crippen LogP contribution in [0.25, 0.3) is 6.08 Å².